The molecular weight excluding hydrogens is 304 g/mol. The van der Waals surface area contributed by atoms with E-state index in [0.29, 0.717) is 24.5 Å². The molecule has 1 aromatic carbocycles. The molecule has 4 nitrogen and oxygen atoms in total. The SMILES string of the molecule is CC(C)=C[C@@H]1C/C(=C/COc2cc(=O)oc3cccc(C)c23)CO1. The van der Waals surface area contributed by atoms with E-state index in [2.05, 4.69) is 19.9 Å². The van der Waals surface area contributed by atoms with Crippen LogP contribution in [0.3, 0.4) is 0 Å². The molecule has 0 unspecified atom stereocenters. The van der Waals surface area contributed by atoms with Gasteiger partial charge in [-0.05, 0) is 44.1 Å². The first-order valence-electron chi connectivity index (χ1n) is 8.14. The Balaban J connectivity index is 1.74. The van der Waals surface area contributed by atoms with Crippen molar-refractivity contribution in [2.45, 2.75) is 33.3 Å². The first-order valence-corrected chi connectivity index (χ1v) is 8.14. The Morgan fingerprint density at radius 3 is 3.00 bits per heavy atom. The number of benzene rings is 1. The lowest BCUT2D eigenvalue weighted by Gasteiger charge is -2.08. The van der Waals surface area contributed by atoms with Crippen molar-refractivity contribution in [2.24, 2.45) is 0 Å². The van der Waals surface area contributed by atoms with Gasteiger partial charge in [0.05, 0.1) is 24.2 Å². The Morgan fingerprint density at radius 2 is 2.21 bits per heavy atom. The molecule has 3 rings (SSSR count). The summed E-state index contributed by atoms with van der Waals surface area (Å²) in [4.78, 5) is 11.7. The highest BCUT2D eigenvalue weighted by molar-refractivity contribution is 5.86. The number of ether oxygens (including phenoxy) is 2. The highest BCUT2D eigenvalue weighted by Gasteiger charge is 2.17. The van der Waals surface area contributed by atoms with Gasteiger partial charge in [0.15, 0.2) is 0 Å². The maximum absolute atomic E-state index is 11.7. The van der Waals surface area contributed by atoms with Crippen LogP contribution < -0.4 is 10.4 Å². The number of rotatable bonds is 4. The summed E-state index contributed by atoms with van der Waals surface area (Å²) in [5.74, 6) is 0.566. The van der Waals surface area contributed by atoms with Crippen LogP contribution in [0.5, 0.6) is 5.75 Å². The summed E-state index contributed by atoms with van der Waals surface area (Å²) >= 11 is 0. The zero-order chi connectivity index (χ0) is 17.1. The third-order valence-electron chi connectivity index (χ3n) is 4.02. The minimum absolute atomic E-state index is 0.160. The van der Waals surface area contributed by atoms with Crippen LogP contribution in [-0.2, 0) is 4.74 Å². The van der Waals surface area contributed by atoms with Crippen LogP contribution in [0.25, 0.3) is 11.0 Å². The van der Waals surface area contributed by atoms with E-state index in [4.69, 9.17) is 13.9 Å². The van der Waals surface area contributed by atoms with Crippen molar-refractivity contribution in [3.05, 3.63) is 63.5 Å². The standard InChI is InChI=1S/C20H22O4/c1-13(2)9-16-10-15(12-23-16)7-8-22-18-11-19(21)24-17-6-4-5-14(3)20(17)18/h4-7,9,11,16H,8,10,12H2,1-3H3/b15-7-/t16-/m1/s1. The minimum atomic E-state index is -0.399. The Morgan fingerprint density at radius 1 is 1.38 bits per heavy atom. The van der Waals surface area contributed by atoms with Gasteiger partial charge in [-0.25, -0.2) is 4.79 Å². The van der Waals surface area contributed by atoms with E-state index in [1.165, 1.54) is 17.2 Å². The largest absolute Gasteiger partial charge is 0.488 e. The molecule has 0 N–H and O–H groups in total. The van der Waals surface area contributed by atoms with Crippen LogP contribution in [0.1, 0.15) is 25.8 Å². The molecule has 0 aliphatic carbocycles. The van der Waals surface area contributed by atoms with E-state index in [0.717, 1.165) is 17.4 Å². The van der Waals surface area contributed by atoms with Gasteiger partial charge in [-0.15, -0.1) is 0 Å². The number of hydrogen-bond acceptors (Lipinski definition) is 4. The summed E-state index contributed by atoms with van der Waals surface area (Å²) in [7, 11) is 0. The van der Waals surface area contributed by atoms with E-state index in [1.807, 2.05) is 25.1 Å². The molecule has 1 aliphatic heterocycles. The van der Waals surface area contributed by atoms with Crippen LogP contribution in [-0.4, -0.2) is 19.3 Å². The van der Waals surface area contributed by atoms with Crippen molar-refractivity contribution in [1.82, 2.24) is 0 Å². The second-order valence-corrected chi connectivity index (χ2v) is 6.35. The summed E-state index contributed by atoms with van der Waals surface area (Å²) in [6, 6.07) is 7.03. The van der Waals surface area contributed by atoms with Gasteiger partial charge in [0.25, 0.3) is 0 Å². The molecule has 1 aliphatic rings. The van der Waals surface area contributed by atoms with Crippen LogP contribution in [0.2, 0.25) is 0 Å². The van der Waals surface area contributed by atoms with Crippen molar-refractivity contribution in [1.29, 1.82) is 0 Å². The van der Waals surface area contributed by atoms with Crippen LogP contribution >= 0.6 is 0 Å². The third-order valence-corrected chi connectivity index (χ3v) is 4.02. The fourth-order valence-electron chi connectivity index (χ4n) is 2.93. The second kappa shape index (κ2) is 7.05. The molecular formula is C20H22O4. The molecule has 2 heterocycles. The fourth-order valence-corrected chi connectivity index (χ4v) is 2.93. The third kappa shape index (κ3) is 3.77. The summed E-state index contributed by atoms with van der Waals surface area (Å²) in [5.41, 5.74) is 3.66. The molecule has 1 fully saturated rings. The van der Waals surface area contributed by atoms with Crippen LogP contribution in [0.15, 0.2) is 56.8 Å². The van der Waals surface area contributed by atoms with Gasteiger partial charge in [0.2, 0.25) is 0 Å². The quantitative estimate of drug-likeness (QED) is 0.625. The Labute approximate surface area is 141 Å². The molecule has 1 saturated heterocycles. The monoisotopic (exact) mass is 326 g/mol. The highest BCUT2D eigenvalue weighted by Crippen LogP contribution is 2.27. The van der Waals surface area contributed by atoms with E-state index in [9.17, 15) is 4.79 Å². The normalized spacial score (nSPS) is 19.0. The molecule has 4 heteroatoms. The van der Waals surface area contributed by atoms with Crippen LogP contribution in [0.4, 0.5) is 0 Å². The molecule has 0 saturated carbocycles. The summed E-state index contributed by atoms with van der Waals surface area (Å²) < 4.78 is 16.8. The number of hydrogen-bond donors (Lipinski definition) is 0. The first kappa shape index (κ1) is 16.5. The average molecular weight is 326 g/mol. The van der Waals surface area contributed by atoms with Crippen molar-refractivity contribution in [3.63, 3.8) is 0 Å². The summed E-state index contributed by atoms with van der Waals surface area (Å²) in [5, 5.41) is 0.848. The molecule has 0 radical (unpaired) electrons. The molecule has 1 atom stereocenters. The topological polar surface area (TPSA) is 48.7 Å². The lowest BCUT2D eigenvalue weighted by molar-refractivity contribution is 0.149. The Hall–Kier alpha value is -2.33. The van der Waals surface area contributed by atoms with Crippen molar-refractivity contribution in [2.75, 3.05) is 13.2 Å². The molecule has 126 valence electrons. The predicted molar refractivity (Wildman–Crippen MR) is 94.6 cm³/mol. The molecule has 1 aromatic heterocycles. The second-order valence-electron chi connectivity index (χ2n) is 6.35. The van der Waals surface area contributed by atoms with Crippen molar-refractivity contribution < 1.29 is 13.9 Å². The molecule has 24 heavy (non-hydrogen) atoms. The van der Waals surface area contributed by atoms with Crippen molar-refractivity contribution in [3.8, 4) is 5.75 Å². The number of fused-ring (bicyclic) bond motifs is 1. The van der Waals surface area contributed by atoms with Gasteiger partial charge < -0.3 is 13.9 Å². The van der Waals surface area contributed by atoms with E-state index < -0.39 is 5.63 Å². The maximum atomic E-state index is 11.7. The number of aryl methyl sites for hydroxylation is 1. The highest BCUT2D eigenvalue weighted by atomic mass is 16.5. The van der Waals surface area contributed by atoms with Gasteiger partial charge in [-0.2, -0.15) is 0 Å². The zero-order valence-electron chi connectivity index (χ0n) is 14.3. The van der Waals surface area contributed by atoms with Crippen molar-refractivity contribution >= 4 is 11.0 Å². The first-order chi connectivity index (χ1) is 11.5. The lowest BCUT2D eigenvalue weighted by atomic mass is 10.1. The summed E-state index contributed by atoms with van der Waals surface area (Å²) in [6.07, 6.45) is 5.23. The average Bonchev–Trinajstić information content (AvgIpc) is 2.93. The van der Waals surface area contributed by atoms with E-state index >= 15 is 0 Å². The van der Waals surface area contributed by atoms with E-state index in [-0.39, 0.29) is 6.10 Å². The maximum Gasteiger partial charge on any atom is 0.339 e. The van der Waals surface area contributed by atoms with Crippen LogP contribution in [0, 0.1) is 6.92 Å². The fraction of sp³-hybridized carbons (Fsp3) is 0.350. The molecule has 0 amide bonds. The zero-order valence-corrected chi connectivity index (χ0v) is 14.3. The summed E-state index contributed by atoms with van der Waals surface area (Å²) in [6.45, 7) is 7.16. The van der Waals surface area contributed by atoms with Gasteiger partial charge in [-0.1, -0.05) is 23.8 Å². The number of allylic oxidation sites excluding steroid dienone is 1. The van der Waals surface area contributed by atoms with Gasteiger partial charge in [-0.3, -0.25) is 0 Å². The Bertz CT molecular complexity index is 854. The minimum Gasteiger partial charge on any atom is -0.488 e. The van der Waals surface area contributed by atoms with Gasteiger partial charge in [0, 0.05) is 6.42 Å². The lowest BCUT2D eigenvalue weighted by Crippen LogP contribution is -2.03. The Kier molecular flexibility index (Phi) is 4.86. The smallest absolute Gasteiger partial charge is 0.339 e. The van der Waals surface area contributed by atoms with Gasteiger partial charge in [0.1, 0.15) is 17.9 Å². The molecule has 2 aromatic rings. The molecule has 0 spiro atoms. The van der Waals surface area contributed by atoms with Gasteiger partial charge >= 0.3 is 5.63 Å². The predicted octanol–water partition coefficient (Wildman–Crippen LogP) is 4.16. The van der Waals surface area contributed by atoms with E-state index in [1.54, 1.807) is 6.07 Å². The molecule has 0 bridgehead atoms.